The first-order valence-corrected chi connectivity index (χ1v) is 5.21. The summed E-state index contributed by atoms with van der Waals surface area (Å²) in [6.07, 6.45) is 6.81. The van der Waals surface area contributed by atoms with Crippen molar-refractivity contribution in [1.82, 2.24) is 4.57 Å². The Morgan fingerprint density at radius 2 is 2.25 bits per heavy atom. The predicted molar refractivity (Wildman–Crippen MR) is 58.9 cm³/mol. The molecule has 0 aliphatic carbocycles. The topological polar surface area (TPSA) is 85.6 Å². The molecule has 4 N–H and O–H groups in total. The summed E-state index contributed by atoms with van der Waals surface area (Å²) in [6.45, 7) is 2.79. The highest BCUT2D eigenvalue weighted by atomic mass is 15.3. The van der Waals surface area contributed by atoms with Gasteiger partial charge in [-0.1, -0.05) is 0 Å². The fraction of sp³-hybridized carbons (Fsp3) is 0.500. The molecular formula is C10H17N6+. The van der Waals surface area contributed by atoms with Crippen LogP contribution < -0.4 is 16.0 Å². The van der Waals surface area contributed by atoms with Crippen LogP contribution >= 0.6 is 0 Å². The maximum absolute atomic E-state index is 5.88. The maximum Gasteiger partial charge on any atom is 0.243 e. The number of hydrogen-bond acceptors (Lipinski definition) is 4. The molecular weight excluding hydrogens is 204 g/mol. The Bertz CT molecular complexity index is 458. The largest absolute Gasteiger partial charge is 0.397 e. The van der Waals surface area contributed by atoms with Crippen LogP contribution in [0.25, 0.3) is 0 Å². The molecule has 0 spiro atoms. The lowest BCUT2D eigenvalue weighted by Crippen LogP contribution is -2.31. The van der Waals surface area contributed by atoms with Gasteiger partial charge in [-0.05, 0) is 6.92 Å². The average Bonchev–Trinajstić information content (AvgIpc) is 2.77. The zero-order valence-electron chi connectivity index (χ0n) is 9.59. The molecule has 1 atom stereocenters. The van der Waals surface area contributed by atoms with Crippen LogP contribution in [-0.4, -0.2) is 10.1 Å². The van der Waals surface area contributed by atoms with Gasteiger partial charge in [-0.15, -0.1) is 5.11 Å². The molecule has 6 nitrogen and oxygen atoms in total. The molecule has 1 aromatic heterocycles. The van der Waals surface area contributed by atoms with Crippen LogP contribution in [0.2, 0.25) is 0 Å². The van der Waals surface area contributed by atoms with Gasteiger partial charge in [-0.3, -0.25) is 0 Å². The molecule has 1 aromatic rings. The highest BCUT2D eigenvalue weighted by molar-refractivity contribution is 5.23. The fourth-order valence-corrected chi connectivity index (χ4v) is 1.71. The lowest BCUT2D eigenvalue weighted by molar-refractivity contribution is -0.671. The van der Waals surface area contributed by atoms with E-state index in [4.69, 9.17) is 11.5 Å². The van der Waals surface area contributed by atoms with Crippen molar-refractivity contribution >= 4 is 0 Å². The predicted octanol–water partition coefficient (Wildman–Crippen LogP) is 0.0137. The third kappa shape index (κ3) is 1.78. The van der Waals surface area contributed by atoms with Gasteiger partial charge in [-0.25, -0.2) is 9.13 Å². The Hall–Kier alpha value is -1.85. The average molecular weight is 221 g/mol. The van der Waals surface area contributed by atoms with E-state index in [9.17, 15) is 0 Å². The van der Waals surface area contributed by atoms with E-state index >= 15 is 0 Å². The molecule has 0 saturated heterocycles. The number of rotatable bonds is 3. The minimum Gasteiger partial charge on any atom is -0.397 e. The standard InChI is InChI=1S/C10H17N6/c1-10(8(11)9(12)13-14-10)3-4-16-6-5-15(2)7-16/h5-7H,3-4,11-12H2,1-2H3/q+1. The van der Waals surface area contributed by atoms with Crippen LogP contribution in [0.1, 0.15) is 13.3 Å². The number of azo groups is 1. The minimum atomic E-state index is -0.451. The molecule has 0 amide bonds. The molecule has 0 radical (unpaired) electrons. The Morgan fingerprint density at radius 3 is 2.75 bits per heavy atom. The van der Waals surface area contributed by atoms with E-state index in [1.807, 2.05) is 37.3 Å². The van der Waals surface area contributed by atoms with Crippen molar-refractivity contribution in [2.75, 3.05) is 0 Å². The van der Waals surface area contributed by atoms with E-state index in [-0.39, 0.29) is 0 Å². The molecule has 2 rings (SSSR count). The summed E-state index contributed by atoms with van der Waals surface area (Å²) >= 11 is 0. The molecule has 1 aliphatic rings. The quantitative estimate of drug-likeness (QED) is 0.705. The smallest absolute Gasteiger partial charge is 0.243 e. The van der Waals surface area contributed by atoms with Crippen molar-refractivity contribution in [3.05, 3.63) is 30.2 Å². The summed E-state index contributed by atoms with van der Waals surface area (Å²) in [6, 6.07) is 0. The van der Waals surface area contributed by atoms with Crippen molar-refractivity contribution in [3.8, 4) is 0 Å². The molecule has 0 bridgehead atoms. The van der Waals surface area contributed by atoms with Crippen molar-refractivity contribution in [1.29, 1.82) is 0 Å². The Labute approximate surface area is 94.3 Å². The van der Waals surface area contributed by atoms with E-state index in [0.717, 1.165) is 13.0 Å². The minimum absolute atomic E-state index is 0.348. The number of aryl methyl sites for hydroxylation is 2. The van der Waals surface area contributed by atoms with E-state index in [1.165, 1.54) is 0 Å². The molecule has 86 valence electrons. The van der Waals surface area contributed by atoms with Gasteiger partial charge >= 0.3 is 0 Å². The zero-order chi connectivity index (χ0) is 11.8. The molecule has 0 saturated carbocycles. The van der Waals surface area contributed by atoms with Gasteiger partial charge in [0, 0.05) is 6.42 Å². The van der Waals surface area contributed by atoms with Gasteiger partial charge in [0.1, 0.15) is 17.9 Å². The van der Waals surface area contributed by atoms with Crippen molar-refractivity contribution < 1.29 is 4.57 Å². The summed E-state index contributed by atoms with van der Waals surface area (Å²) < 4.78 is 4.08. The number of aromatic nitrogens is 2. The second-order valence-electron chi connectivity index (χ2n) is 4.34. The first-order chi connectivity index (χ1) is 7.51. The molecule has 6 heteroatoms. The van der Waals surface area contributed by atoms with Crippen molar-refractivity contribution in [2.24, 2.45) is 28.7 Å². The van der Waals surface area contributed by atoms with E-state index < -0.39 is 5.54 Å². The van der Waals surface area contributed by atoms with Gasteiger partial charge in [0.05, 0.1) is 19.3 Å². The zero-order valence-corrected chi connectivity index (χ0v) is 9.59. The maximum atomic E-state index is 5.88. The van der Waals surface area contributed by atoms with Gasteiger partial charge in [-0.2, -0.15) is 5.11 Å². The number of nitrogens with zero attached hydrogens (tertiary/aromatic N) is 4. The first-order valence-electron chi connectivity index (χ1n) is 5.21. The molecule has 2 heterocycles. The third-order valence-corrected chi connectivity index (χ3v) is 2.92. The number of imidazole rings is 1. The van der Waals surface area contributed by atoms with Crippen molar-refractivity contribution in [3.63, 3.8) is 0 Å². The molecule has 0 fully saturated rings. The van der Waals surface area contributed by atoms with Gasteiger partial charge in [0.25, 0.3) is 0 Å². The highest BCUT2D eigenvalue weighted by Crippen LogP contribution is 2.29. The van der Waals surface area contributed by atoms with Gasteiger partial charge in [0.2, 0.25) is 6.33 Å². The first kappa shape index (κ1) is 10.7. The number of hydrogen-bond donors (Lipinski definition) is 2. The fourth-order valence-electron chi connectivity index (χ4n) is 1.71. The monoisotopic (exact) mass is 221 g/mol. The second-order valence-corrected chi connectivity index (χ2v) is 4.34. The van der Waals surface area contributed by atoms with Crippen LogP contribution in [0.5, 0.6) is 0 Å². The van der Waals surface area contributed by atoms with Crippen LogP contribution in [-0.2, 0) is 13.6 Å². The summed E-state index contributed by atoms with van der Waals surface area (Å²) in [5.41, 5.74) is 11.6. The van der Waals surface area contributed by atoms with Crippen LogP contribution in [0.3, 0.4) is 0 Å². The molecule has 1 aliphatic heterocycles. The Kier molecular flexibility index (Phi) is 2.41. The summed E-state index contributed by atoms with van der Waals surface area (Å²) in [7, 11) is 1.99. The van der Waals surface area contributed by atoms with Crippen LogP contribution in [0.15, 0.2) is 40.5 Å². The van der Waals surface area contributed by atoms with Crippen LogP contribution in [0.4, 0.5) is 0 Å². The second kappa shape index (κ2) is 3.62. The SMILES string of the molecule is C[n+]1ccn(CCC2(C)N=NC(N)=C2N)c1. The molecule has 16 heavy (non-hydrogen) atoms. The summed E-state index contributed by atoms with van der Waals surface area (Å²) in [5, 5.41) is 7.96. The lowest BCUT2D eigenvalue weighted by Gasteiger charge is -2.18. The van der Waals surface area contributed by atoms with E-state index in [1.54, 1.807) is 0 Å². The van der Waals surface area contributed by atoms with Gasteiger partial charge in [0.15, 0.2) is 5.82 Å². The Morgan fingerprint density at radius 1 is 1.50 bits per heavy atom. The molecule has 1 unspecified atom stereocenters. The highest BCUT2D eigenvalue weighted by Gasteiger charge is 2.34. The summed E-state index contributed by atoms with van der Waals surface area (Å²) in [5.74, 6) is 0.348. The number of nitrogens with two attached hydrogens (primary N) is 2. The molecule has 0 aromatic carbocycles. The van der Waals surface area contributed by atoms with Gasteiger partial charge < -0.3 is 11.5 Å². The van der Waals surface area contributed by atoms with E-state index in [0.29, 0.717) is 11.5 Å². The van der Waals surface area contributed by atoms with Crippen LogP contribution in [0, 0.1) is 0 Å². The normalized spacial score (nSPS) is 24.4. The Balaban J connectivity index is 2.04. The summed E-state index contributed by atoms with van der Waals surface area (Å²) in [4.78, 5) is 0. The lowest BCUT2D eigenvalue weighted by atomic mass is 9.95. The van der Waals surface area contributed by atoms with Crippen molar-refractivity contribution in [2.45, 2.75) is 25.4 Å². The van der Waals surface area contributed by atoms with E-state index in [2.05, 4.69) is 14.8 Å². The third-order valence-electron chi connectivity index (χ3n) is 2.92.